The van der Waals surface area contributed by atoms with Gasteiger partial charge in [0.05, 0.1) is 23.3 Å². The van der Waals surface area contributed by atoms with E-state index in [1.54, 1.807) is 22.9 Å². The van der Waals surface area contributed by atoms with E-state index in [2.05, 4.69) is 37.6 Å². The Balaban J connectivity index is 1.83. The quantitative estimate of drug-likeness (QED) is 0.542. The predicted octanol–water partition coefficient (Wildman–Crippen LogP) is 4.09. The monoisotopic (exact) mass is 397 g/mol. The molecule has 144 valence electrons. The van der Waals surface area contributed by atoms with Crippen molar-refractivity contribution in [3.8, 4) is 0 Å². The zero-order valence-corrected chi connectivity index (χ0v) is 16.5. The minimum atomic E-state index is -0.286. The number of hydrogen-bond donors (Lipinski definition) is 3. The lowest BCUT2D eigenvalue weighted by atomic mass is 10.2. The molecule has 3 aromatic rings. The van der Waals surface area contributed by atoms with Crippen LogP contribution in [-0.2, 0) is 11.8 Å². The van der Waals surface area contributed by atoms with Crippen LogP contribution < -0.4 is 16.0 Å². The summed E-state index contributed by atoms with van der Waals surface area (Å²) in [5.74, 6) is 0.540. The summed E-state index contributed by atoms with van der Waals surface area (Å²) in [6.45, 7) is 7.31. The molecule has 0 saturated carbocycles. The Labute approximate surface area is 167 Å². The molecule has 3 N–H and O–H groups in total. The van der Waals surface area contributed by atoms with Gasteiger partial charge in [0, 0.05) is 18.4 Å². The van der Waals surface area contributed by atoms with Crippen molar-refractivity contribution < 1.29 is 4.79 Å². The van der Waals surface area contributed by atoms with Crippen molar-refractivity contribution in [3.63, 3.8) is 0 Å². The molecular weight excluding hydrogens is 378 g/mol. The zero-order valence-electron chi connectivity index (χ0n) is 15.7. The van der Waals surface area contributed by atoms with Gasteiger partial charge in [-0.1, -0.05) is 24.2 Å². The summed E-state index contributed by atoms with van der Waals surface area (Å²) < 4.78 is 1.79. The van der Waals surface area contributed by atoms with Crippen LogP contribution in [0.25, 0.3) is 0 Å². The fourth-order valence-corrected chi connectivity index (χ4v) is 2.72. The van der Waals surface area contributed by atoms with Gasteiger partial charge in [0.1, 0.15) is 5.02 Å². The average Bonchev–Trinajstić information content (AvgIpc) is 2.90. The van der Waals surface area contributed by atoms with Crippen molar-refractivity contribution in [2.45, 2.75) is 13.8 Å². The maximum Gasteiger partial charge on any atom is 0.247 e. The molecule has 1 amide bonds. The summed E-state index contributed by atoms with van der Waals surface area (Å²) in [7, 11) is 1.88. The molecule has 2 heterocycles. The third-order valence-corrected chi connectivity index (χ3v) is 4.34. The van der Waals surface area contributed by atoms with E-state index in [9.17, 15) is 4.79 Å². The molecule has 1 aromatic carbocycles. The number of nitrogens with zero attached hydrogens (tertiary/aromatic N) is 4. The SMILES string of the molecule is C=CC(=O)Nc1cccc(Nc2nc(Nc3c(C)nn(C)c3C)ncc2Cl)c1. The van der Waals surface area contributed by atoms with Crippen molar-refractivity contribution in [3.05, 3.63) is 59.5 Å². The fourth-order valence-electron chi connectivity index (χ4n) is 2.59. The molecule has 28 heavy (non-hydrogen) atoms. The molecule has 0 fully saturated rings. The first-order valence-electron chi connectivity index (χ1n) is 8.47. The van der Waals surface area contributed by atoms with Gasteiger partial charge in [-0.3, -0.25) is 9.48 Å². The second-order valence-electron chi connectivity index (χ2n) is 6.08. The van der Waals surface area contributed by atoms with Gasteiger partial charge in [-0.15, -0.1) is 0 Å². The van der Waals surface area contributed by atoms with Crippen LogP contribution in [0.2, 0.25) is 5.02 Å². The van der Waals surface area contributed by atoms with Crippen molar-refractivity contribution >= 4 is 46.3 Å². The molecule has 8 nitrogen and oxygen atoms in total. The highest BCUT2D eigenvalue weighted by Gasteiger charge is 2.12. The minimum absolute atomic E-state index is 0.286. The number of amides is 1. The molecule has 0 aliphatic rings. The number of benzene rings is 1. The Kier molecular flexibility index (Phi) is 5.60. The summed E-state index contributed by atoms with van der Waals surface area (Å²) >= 11 is 6.25. The smallest absolute Gasteiger partial charge is 0.247 e. The Hall–Kier alpha value is -3.39. The van der Waals surface area contributed by atoms with Crippen LogP contribution in [-0.4, -0.2) is 25.7 Å². The molecule has 2 aromatic heterocycles. The number of carbonyl (C=O) groups excluding carboxylic acids is 1. The predicted molar refractivity (Wildman–Crippen MR) is 112 cm³/mol. The van der Waals surface area contributed by atoms with Crippen LogP contribution in [0.3, 0.4) is 0 Å². The number of anilines is 5. The van der Waals surface area contributed by atoms with Crippen molar-refractivity contribution in [1.29, 1.82) is 0 Å². The molecule has 0 aliphatic heterocycles. The van der Waals surface area contributed by atoms with E-state index in [4.69, 9.17) is 11.6 Å². The number of rotatable bonds is 6. The summed E-state index contributed by atoms with van der Waals surface area (Å²) in [5, 5.41) is 13.8. The molecule has 0 bridgehead atoms. The zero-order chi connectivity index (χ0) is 20.3. The van der Waals surface area contributed by atoms with Crippen LogP contribution in [0.4, 0.5) is 28.8 Å². The van der Waals surface area contributed by atoms with E-state index in [1.165, 1.54) is 12.3 Å². The summed E-state index contributed by atoms with van der Waals surface area (Å²) in [4.78, 5) is 20.2. The van der Waals surface area contributed by atoms with Crippen molar-refractivity contribution in [2.24, 2.45) is 7.05 Å². The van der Waals surface area contributed by atoms with Gasteiger partial charge in [0.2, 0.25) is 11.9 Å². The third-order valence-electron chi connectivity index (χ3n) is 4.07. The number of carbonyl (C=O) groups is 1. The normalized spacial score (nSPS) is 10.4. The van der Waals surface area contributed by atoms with Gasteiger partial charge in [-0.05, 0) is 38.1 Å². The Morgan fingerprint density at radius 3 is 2.68 bits per heavy atom. The van der Waals surface area contributed by atoms with Crippen LogP contribution >= 0.6 is 11.6 Å². The Morgan fingerprint density at radius 2 is 2.00 bits per heavy atom. The molecule has 0 atom stereocenters. The third kappa shape index (κ3) is 4.29. The molecule has 0 saturated heterocycles. The van der Waals surface area contributed by atoms with E-state index in [0.29, 0.717) is 28.2 Å². The van der Waals surface area contributed by atoms with Crippen LogP contribution in [0.5, 0.6) is 0 Å². The van der Waals surface area contributed by atoms with Crippen LogP contribution in [0.15, 0.2) is 43.1 Å². The second-order valence-corrected chi connectivity index (χ2v) is 6.49. The number of nitrogens with one attached hydrogen (secondary N) is 3. The topological polar surface area (TPSA) is 96.8 Å². The number of aromatic nitrogens is 4. The lowest BCUT2D eigenvalue weighted by Crippen LogP contribution is -2.07. The number of halogens is 1. The lowest BCUT2D eigenvalue weighted by Gasteiger charge is -2.11. The molecule has 9 heteroatoms. The highest BCUT2D eigenvalue weighted by molar-refractivity contribution is 6.32. The standard InChI is InChI=1S/C19H20ClN7O/c1-5-16(28)22-13-7-6-8-14(9-13)23-18-15(20)10-21-19(25-18)24-17-11(2)26-27(4)12(17)3/h5-10H,1H2,2-4H3,(H,22,28)(H2,21,23,24,25). The van der Waals surface area contributed by atoms with Gasteiger partial charge in [0.25, 0.3) is 0 Å². The van der Waals surface area contributed by atoms with Crippen molar-refractivity contribution in [2.75, 3.05) is 16.0 Å². The van der Waals surface area contributed by atoms with Gasteiger partial charge in [-0.2, -0.15) is 10.1 Å². The van der Waals surface area contributed by atoms with E-state index in [-0.39, 0.29) is 5.91 Å². The summed E-state index contributed by atoms with van der Waals surface area (Å²) in [6, 6.07) is 7.18. The summed E-state index contributed by atoms with van der Waals surface area (Å²) in [5.41, 5.74) is 4.00. The van der Waals surface area contributed by atoms with Gasteiger partial charge < -0.3 is 16.0 Å². The molecular formula is C19H20ClN7O. The lowest BCUT2D eigenvalue weighted by molar-refractivity contribution is -0.111. The Morgan fingerprint density at radius 1 is 1.25 bits per heavy atom. The van der Waals surface area contributed by atoms with E-state index < -0.39 is 0 Å². The van der Waals surface area contributed by atoms with E-state index in [0.717, 1.165) is 17.1 Å². The molecule has 0 aliphatic carbocycles. The molecule has 3 rings (SSSR count). The van der Waals surface area contributed by atoms with Gasteiger partial charge >= 0.3 is 0 Å². The van der Waals surface area contributed by atoms with Gasteiger partial charge in [-0.25, -0.2) is 4.98 Å². The first-order chi connectivity index (χ1) is 13.4. The van der Waals surface area contributed by atoms with Gasteiger partial charge in [0.15, 0.2) is 5.82 Å². The van der Waals surface area contributed by atoms with E-state index >= 15 is 0 Å². The van der Waals surface area contributed by atoms with Crippen LogP contribution in [0.1, 0.15) is 11.4 Å². The maximum atomic E-state index is 11.5. The fraction of sp³-hybridized carbons (Fsp3) is 0.158. The largest absolute Gasteiger partial charge is 0.339 e. The average molecular weight is 398 g/mol. The minimum Gasteiger partial charge on any atom is -0.339 e. The first kappa shape index (κ1) is 19.4. The first-order valence-corrected chi connectivity index (χ1v) is 8.85. The van der Waals surface area contributed by atoms with Crippen molar-refractivity contribution in [1.82, 2.24) is 19.7 Å². The van der Waals surface area contributed by atoms with E-state index in [1.807, 2.05) is 27.0 Å². The van der Waals surface area contributed by atoms with Crippen LogP contribution in [0, 0.1) is 13.8 Å². The highest BCUT2D eigenvalue weighted by atomic mass is 35.5. The number of aryl methyl sites for hydroxylation is 2. The summed E-state index contributed by atoms with van der Waals surface area (Å²) in [6.07, 6.45) is 2.73. The highest BCUT2D eigenvalue weighted by Crippen LogP contribution is 2.27. The molecule has 0 spiro atoms. The number of hydrogen-bond acceptors (Lipinski definition) is 6. The Bertz CT molecular complexity index is 1040. The molecule has 0 unspecified atom stereocenters. The molecule has 0 radical (unpaired) electrons. The second kappa shape index (κ2) is 8.10. The maximum absolute atomic E-state index is 11.5.